The van der Waals surface area contributed by atoms with Gasteiger partial charge < -0.3 is 19.3 Å². The van der Waals surface area contributed by atoms with Crippen LogP contribution in [-0.4, -0.2) is 53.3 Å². The number of ketones is 1. The van der Waals surface area contributed by atoms with E-state index in [9.17, 15) is 23.9 Å². The molecule has 1 N–H and O–H groups in total. The first-order chi connectivity index (χ1) is 20.9. The summed E-state index contributed by atoms with van der Waals surface area (Å²) in [5.74, 6) is -2.00. The number of benzene rings is 3. The van der Waals surface area contributed by atoms with Gasteiger partial charge in [-0.2, -0.15) is 0 Å². The average molecular weight is 620 g/mol. The first-order valence-corrected chi connectivity index (χ1v) is 14.7. The molecule has 1 amide bonds. The molecule has 2 aliphatic rings. The van der Waals surface area contributed by atoms with E-state index in [2.05, 4.69) is 10.2 Å². The Labute approximate surface area is 252 Å². The fourth-order valence-corrected chi connectivity index (χ4v) is 6.58. The number of carbonyl (C=O) groups excluding carboxylic acids is 3. The smallest absolute Gasteiger partial charge is 0.337 e. The van der Waals surface area contributed by atoms with Crippen LogP contribution in [0.4, 0.5) is 9.52 Å². The molecule has 13 heteroatoms. The molecule has 0 bridgehead atoms. The van der Waals surface area contributed by atoms with E-state index < -0.39 is 29.5 Å². The first kappa shape index (κ1) is 28.4. The van der Waals surface area contributed by atoms with Gasteiger partial charge in [-0.1, -0.05) is 53.4 Å². The lowest BCUT2D eigenvalue weighted by molar-refractivity contribution is -0.132. The predicted octanol–water partition coefficient (Wildman–Crippen LogP) is 5.15. The maximum atomic E-state index is 14.1. The molecule has 6 rings (SSSR count). The van der Waals surface area contributed by atoms with E-state index in [0.717, 1.165) is 11.3 Å². The van der Waals surface area contributed by atoms with Gasteiger partial charge in [-0.3, -0.25) is 14.5 Å². The van der Waals surface area contributed by atoms with Crippen molar-refractivity contribution < 1.29 is 38.1 Å². The number of hydrogen-bond acceptors (Lipinski definition) is 11. The van der Waals surface area contributed by atoms with Crippen LogP contribution in [-0.2, 0) is 20.1 Å². The summed E-state index contributed by atoms with van der Waals surface area (Å²) in [6, 6.07) is 16.1. The topological polar surface area (TPSA) is 128 Å². The number of aromatic nitrogens is 2. The largest absolute Gasteiger partial charge is 0.507 e. The van der Waals surface area contributed by atoms with Crippen molar-refractivity contribution in [3.05, 3.63) is 100 Å². The zero-order chi connectivity index (χ0) is 30.1. The van der Waals surface area contributed by atoms with Crippen LogP contribution in [0.1, 0.15) is 33.1 Å². The standard InChI is InChI=1S/C30H22FN3O7S2/c1-39-28(38)17-8-6-16(7-9-17)24-23(25(35)18-10-11-21-22(14-18)41-13-12-40-21)26(36)27(37)34(24)29-32-33-30(43-29)42-15-19-4-2-3-5-20(19)31/h2-11,14,24,35H,12-13,15H2,1H3/t24-/m0/s1. The Hall–Kier alpha value is -4.75. The van der Waals surface area contributed by atoms with Crippen LogP contribution in [0.3, 0.4) is 0 Å². The average Bonchev–Trinajstić information content (AvgIpc) is 3.61. The van der Waals surface area contributed by atoms with E-state index in [1.807, 2.05) is 0 Å². The number of nitrogens with zero attached hydrogens (tertiary/aromatic N) is 3. The maximum Gasteiger partial charge on any atom is 0.337 e. The molecule has 0 aliphatic carbocycles. The minimum Gasteiger partial charge on any atom is -0.507 e. The molecule has 43 heavy (non-hydrogen) atoms. The normalized spacial score (nSPS) is 17.3. The lowest BCUT2D eigenvalue weighted by atomic mass is 9.94. The fraction of sp³-hybridized carbons (Fsp3) is 0.167. The monoisotopic (exact) mass is 619 g/mol. The van der Waals surface area contributed by atoms with E-state index in [4.69, 9.17) is 14.2 Å². The summed E-state index contributed by atoms with van der Waals surface area (Å²) in [5, 5.41) is 19.9. The number of thioether (sulfide) groups is 1. The number of carbonyl (C=O) groups is 3. The molecule has 1 saturated heterocycles. The molecule has 3 aromatic carbocycles. The third kappa shape index (κ3) is 5.44. The van der Waals surface area contributed by atoms with Gasteiger partial charge in [0.05, 0.1) is 24.3 Å². The number of methoxy groups -OCH3 is 1. The highest BCUT2D eigenvalue weighted by molar-refractivity contribution is 8.00. The molecule has 0 radical (unpaired) electrons. The van der Waals surface area contributed by atoms with E-state index in [1.165, 1.54) is 48.0 Å². The van der Waals surface area contributed by atoms with Crippen molar-refractivity contribution in [2.24, 2.45) is 0 Å². The Morgan fingerprint density at radius 1 is 1.05 bits per heavy atom. The van der Waals surface area contributed by atoms with Crippen molar-refractivity contribution in [3.63, 3.8) is 0 Å². The van der Waals surface area contributed by atoms with Crippen molar-refractivity contribution in [3.8, 4) is 11.5 Å². The Balaban J connectivity index is 1.40. The third-order valence-electron chi connectivity index (χ3n) is 6.82. The Bertz CT molecular complexity index is 1770. The Kier molecular flexibility index (Phi) is 7.82. The summed E-state index contributed by atoms with van der Waals surface area (Å²) in [6.45, 7) is 0.704. The van der Waals surface area contributed by atoms with Crippen molar-refractivity contribution >= 4 is 51.6 Å². The molecule has 218 valence electrons. The van der Waals surface area contributed by atoms with Gasteiger partial charge >= 0.3 is 11.9 Å². The number of aliphatic hydroxyl groups excluding tert-OH is 1. The maximum absolute atomic E-state index is 14.1. The highest BCUT2D eigenvalue weighted by Crippen LogP contribution is 2.45. The zero-order valence-electron chi connectivity index (χ0n) is 22.5. The van der Waals surface area contributed by atoms with Crippen molar-refractivity contribution in [2.75, 3.05) is 25.2 Å². The van der Waals surface area contributed by atoms with Crippen LogP contribution in [0, 0.1) is 5.82 Å². The van der Waals surface area contributed by atoms with Crippen LogP contribution in [0.15, 0.2) is 76.6 Å². The predicted molar refractivity (Wildman–Crippen MR) is 156 cm³/mol. The lowest BCUT2D eigenvalue weighted by Crippen LogP contribution is -2.29. The number of esters is 1. The van der Waals surface area contributed by atoms with E-state index in [1.54, 1.807) is 42.5 Å². The zero-order valence-corrected chi connectivity index (χ0v) is 24.1. The molecule has 0 saturated carbocycles. The van der Waals surface area contributed by atoms with E-state index in [-0.39, 0.29) is 33.4 Å². The molecular weight excluding hydrogens is 597 g/mol. The molecular formula is C30H22FN3O7S2. The van der Waals surface area contributed by atoms with Crippen LogP contribution in [0.5, 0.6) is 11.5 Å². The molecule has 1 aromatic heterocycles. The molecule has 1 fully saturated rings. The van der Waals surface area contributed by atoms with Crippen LogP contribution < -0.4 is 14.4 Å². The van der Waals surface area contributed by atoms with Crippen molar-refractivity contribution in [2.45, 2.75) is 16.1 Å². The second-order valence-electron chi connectivity index (χ2n) is 9.37. The third-order valence-corrected chi connectivity index (χ3v) is 8.92. The second kappa shape index (κ2) is 11.9. The molecule has 4 aromatic rings. The molecule has 1 atom stereocenters. The minimum absolute atomic E-state index is 0.112. The molecule has 0 spiro atoms. The van der Waals surface area contributed by atoms with Gasteiger partial charge in [-0.25, -0.2) is 9.18 Å². The summed E-state index contributed by atoms with van der Waals surface area (Å²) >= 11 is 2.29. The summed E-state index contributed by atoms with van der Waals surface area (Å²) < 4.78 is 30.5. The Morgan fingerprint density at radius 3 is 2.51 bits per heavy atom. The molecule has 10 nitrogen and oxygen atoms in total. The summed E-state index contributed by atoms with van der Waals surface area (Å²) in [7, 11) is 1.26. The van der Waals surface area contributed by atoms with Crippen molar-refractivity contribution in [1.82, 2.24) is 10.2 Å². The highest BCUT2D eigenvalue weighted by Gasteiger charge is 2.48. The van der Waals surface area contributed by atoms with Gasteiger partial charge in [0.1, 0.15) is 24.8 Å². The number of Topliss-reactive ketones (excluding diaryl/α,β-unsaturated/α-hetero) is 1. The highest BCUT2D eigenvalue weighted by atomic mass is 32.2. The van der Waals surface area contributed by atoms with Crippen LogP contribution >= 0.6 is 23.1 Å². The first-order valence-electron chi connectivity index (χ1n) is 12.9. The van der Waals surface area contributed by atoms with Gasteiger partial charge in [0, 0.05) is 11.3 Å². The minimum atomic E-state index is -1.10. The summed E-state index contributed by atoms with van der Waals surface area (Å²) in [6.07, 6.45) is 0. The lowest BCUT2D eigenvalue weighted by Gasteiger charge is -2.23. The fourth-order valence-electron chi connectivity index (χ4n) is 4.72. The summed E-state index contributed by atoms with van der Waals surface area (Å²) in [5.41, 5.74) is 1.24. The van der Waals surface area contributed by atoms with Gasteiger partial charge in [0.2, 0.25) is 5.13 Å². The number of amides is 1. The van der Waals surface area contributed by atoms with Gasteiger partial charge in [-0.05, 0) is 47.5 Å². The molecule has 0 unspecified atom stereocenters. The number of anilines is 1. The van der Waals surface area contributed by atoms with E-state index in [0.29, 0.717) is 40.2 Å². The molecule has 2 aliphatic heterocycles. The molecule has 3 heterocycles. The number of ether oxygens (including phenoxy) is 3. The number of rotatable bonds is 7. The number of fused-ring (bicyclic) bond motifs is 1. The SMILES string of the molecule is COC(=O)c1ccc([C@H]2C(=C(O)c3ccc4c(c3)OCCO4)C(=O)C(=O)N2c2nnc(SCc3ccccc3F)s2)cc1. The van der Waals surface area contributed by atoms with Crippen LogP contribution in [0.2, 0.25) is 0 Å². The number of halogens is 1. The van der Waals surface area contributed by atoms with Crippen molar-refractivity contribution in [1.29, 1.82) is 0 Å². The van der Waals surface area contributed by atoms with Gasteiger partial charge in [0.15, 0.2) is 15.8 Å². The van der Waals surface area contributed by atoms with Gasteiger partial charge in [-0.15, -0.1) is 10.2 Å². The number of aliphatic hydroxyl groups is 1. The van der Waals surface area contributed by atoms with E-state index >= 15 is 0 Å². The van der Waals surface area contributed by atoms with Gasteiger partial charge in [0.25, 0.3) is 5.78 Å². The number of hydrogen-bond donors (Lipinski definition) is 1. The Morgan fingerprint density at radius 2 is 1.77 bits per heavy atom. The quantitative estimate of drug-likeness (QED) is 0.0741. The van der Waals surface area contributed by atoms with Crippen LogP contribution in [0.25, 0.3) is 5.76 Å². The second-order valence-corrected chi connectivity index (χ2v) is 11.6. The summed E-state index contributed by atoms with van der Waals surface area (Å²) in [4.78, 5) is 40.3.